The number of rotatable bonds is 7. The van der Waals surface area contributed by atoms with Crippen molar-refractivity contribution < 1.29 is 38.0 Å². The highest BCUT2D eigenvalue weighted by Crippen LogP contribution is 2.56. The van der Waals surface area contributed by atoms with Gasteiger partial charge in [0.05, 0.1) is 27.4 Å². The normalized spacial score (nSPS) is 19.9. The summed E-state index contributed by atoms with van der Waals surface area (Å²) in [4.78, 5) is 27.2. The van der Waals surface area contributed by atoms with Gasteiger partial charge in [0.1, 0.15) is 17.5 Å². The van der Waals surface area contributed by atoms with Crippen molar-refractivity contribution in [2.75, 3.05) is 47.6 Å². The molecule has 0 saturated carbocycles. The standard InChI is InChI=1S/C25H27ClN2O8/c1-28-8-7-12-14(10-27-16(29)9-26)21-24(35-11-34-21)23(33-4)17(12)19(28)20-13-5-6-15(31-2)22(32-3)18(13)25(30)36-20/h5-6,19-20H,7-11H2,1-4H3,(H,27,29). The summed E-state index contributed by atoms with van der Waals surface area (Å²) in [7, 11) is 6.55. The first-order chi connectivity index (χ1) is 17.4. The fourth-order valence-corrected chi connectivity index (χ4v) is 5.44. The van der Waals surface area contributed by atoms with Crippen LogP contribution in [-0.4, -0.2) is 64.4 Å². The van der Waals surface area contributed by atoms with Crippen LogP contribution in [-0.2, 0) is 22.5 Å². The number of hydrogen-bond acceptors (Lipinski definition) is 9. The van der Waals surface area contributed by atoms with Gasteiger partial charge in [-0.25, -0.2) is 4.79 Å². The number of carbonyl (C=O) groups excluding carboxylic acids is 2. The lowest BCUT2D eigenvalue weighted by Crippen LogP contribution is -2.37. The van der Waals surface area contributed by atoms with Crippen molar-refractivity contribution in [3.8, 4) is 28.7 Å². The predicted octanol–water partition coefficient (Wildman–Crippen LogP) is 2.74. The van der Waals surface area contributed by atoms with Crippen molar-refractivity contribution in [3.63, 3.8) is 0 Å². The topological polar surface area (TPSA) is 105 Å². The van der Waals surface area contributed by atoms with Gasteiger partial charge in [0.15, 0.2) is 23.0 Å². The Morgan fingerprint density at radius 2 is 1.89 bits per heavy atom. The molecule has 3 heterocycles. The van der Waals surface area contributed by atoms with E-state index in [1.54, 1.807) is 13.2 Å². The number of esters is 1. The summed E-state index contributed by atoms with van der Waals surface area (Å²) in [6.07, 6.45) is 0.0249. The van der Waals surface area contributed by atoms with E-state index >= 15 is 0 Å². The zero-order valence-electron chi connectivity index (χ0n) is 20.4. The SMILES string of the molecule is COc1ccc2c(c1OC)C(=O)OC2C1c2c(c(CNC(=O)CCl)c3c(c2OC)OCO3)CCN1C. The Labute approximate surface area is 213 Å². The van der Waals surface area contributed by atoms with Gasteiger partial charge in [0.2, 0.25) is 18.4 Å². The average Bonchev–Trinajstić information content (AvgIpc) is 3.50. The Kier molecular flexibility index (Phi) is 6.48. The fourth-order valence-electron chi connectivity index (χ4n) is 5.34. The Morgan fingerprint density at radius 3 is 2.58 bits per heavy atom. The maximum absolute atomic E-state index is 13.1. The molecule has 11 heteroatoms. The Hall–Kier alpha value is -3.37. The van der Waals surface area contributed by atoms with Crippen molar-refractivity contribution in [3.05, 3.63) is 39.9 Å². The third kappa shape index (κ3) is 3.67. The van der Waals surface area contributed by atoms with Gasteiger partial charge in [-0.2, -0.15) is 0 Å². The summed E-state index contributed by atoms with van der Waals surface area (Å²) < 4.78 is 34.4. The molecule has 0 fully saturated rings. The number of hydrogen-bond donors (Lipinski definition) is 1. The maximum Gasteiger partial charge on any atom is 0.343 e. The number of halogens is 1. The predicted molar refractivity (Wildman–Crippen MR) is 128 cm³/mol. The van der Waals surface area contributed by atoms with Gasteiger partial charge in [-0.05, 0) is 25.1 Å². The van der Waals surface area contributed by atoms with Gasteiger partial charge in [-0.15, -0.1) is 11.6 Å². The van der Waals surface area contributed by atoms with E-state index in [4.69, 9.17) is 40.0 Å². The second kappa shape index (κ2) is 9.59. The quantitative estimate of drug-likeness (QED) is 0.437. The van der Waals surface area contributed by atoms with Gasteiger partial charge in [0, 0.05) is 29.8 Å². The number of nitrogens with zero attached hydrogens (tertiary/aromatic N) is 1. The molecule has 0 bridgehead atoms. The summed E-state index contributed by atoms with van der Waals surface area (Å²) in [6, 6.07) is 3.19. The molecule has 0 aromatic heterocycles. The van der Waals surface area contributed by atoms with E-state index < -0.39 is 18.1 Å². The van der Waals surface area contributed by atoms with Crippen LogP contribution in [0, 0.1) is 0 Å². The Bertz CT molecular complexity index is 1230. The summed E-state index contributed by atoms with van der Waals surface area (Å²) in [5.74, 6) is 1.38. The van der Waals surface area contributed by atoms with E-state index in [1.165, 1.54) is 14.2 Å². The van der Waals surface area contributed by atoms with E-state index in [2.05, 4.69) is 10.2 Å². The van der Waals surface area contributed by atoms with Gasteiger partial charge in [-0.3, -0.25) is 9.69 Å². The zero-order valence-corrected chi connectivity index (χ0v) is 21.2. The lowest BCUT2D eigenvalue weighted by molar-refractivity contribution is -0.118. The van der Waals surface area contributed by atoms with Crippen molar-refractivity contribution >= 4 is 23.5 Å². The zero-order chi connectivity index (χ0) is 25.6. The first kappa shape index (κ1) is 24.3. The van der Waals surface area contributed by atoms with Crippen molar-refractivity contribution in [1.29, 1.82) is 0 Å². The Balaban J connectivity index is 1.69. The largest absolute Gasteiger partial charge is 0.493 e. The van der Waals surface area contributed by atoms with Crippen molar-refractivity contribution in [2.24, 2.45) is 0 Å². The van der Waals surface area contributed by atoms with E-state index in [1.807, 2.05) is 13.1 Å². The van der Waals surface area contributed by atoms with Crippen LogP contribution >= 0.6 is 11.6 Å². The van der Waals surface area contributed by atoms with Gasteiger partial charge in [-0.1, -0.05) is 6.07 Å². The molecule has 36 heavy (non-hydrogen) atoms. The minimum atomic E-state index is -0.643. The highest BCUT2D eigenvalue weighted by molar-refractivity contribution is 6.27. The summed E-state index contributed by atoms with van der Waals surface area (Å²) >= 11 is 5.70. The number of alkyl halides is 1. The van der Waals surface area contributed by atoms with E-state index in [9.17, 15) is 9.59 Å². The number of benzene rings is 2. The van der Waals surface area contributed by atoms with Crippen LogP contribution < -0.4 is 29.0 Å². The van der Waals surface area contributed by atoms with Crippen LogP contribution in [0.2, 0.25) is 0 Å². The van der Waals surface area contributed by atoms with Gasteiger partial charge >= 0.3 is 5.97 Å². The molecule has 0 saturated heterocycles. The lowest BCUT2D eigenvalue weighted by Gasteiger charge is -2.39. The van der Waals surface area contributed by atoms with Crippen LogP contribution in [0.4, 0.5) is 0 Å². The molecule has 1 amide bonds. The van der Waals surface area contributed by atoms with Gasteiger partial charge in [0.25, 0.3) is 0 Å². The first-order valence-corrected chi connectivity index (χ1v) is 12.0. The number of likely N-dealkylation sites (N-methyl/N-ethyl adjacent to an activating group) is 1. The molecule has 1 N–H and O–H groups in total. The number of carbonyl (C=O) groups is 2. The average molecular weight is 519 g/mol. The molecule has 0 spiro atoms. The monoisotopic (exact) mass is 518 g/mol. The van der Waals surface area contributed by atoms with Crippen LogP contribution in [0.3, 0.4) is 0 Å². The summed E-state index contributed by atoms with van der Waals surface area (Å²) in [6.45, 7) is 0.920. The molecule has 10 nitrogen and oxygen atoms in total. The van der Waals surface area contributed by atoms with E-state index in [0.29, 0.717) is 52.8 Å². The van der Waals surface area contributed by atoms with E-state index in [-0.39, 0.29) is 25.1 Å². The molecule has 192 valence electrons. The van der Waals surface area contributed by atoms with Crippen LogP contribution in [0.15, 0.2) is 12.1 Å². The smallest absolute Gasteiger partial charge is 0.343 e. The minimum absolute atomic E-state index is 0.0315. The molecule has 5 rings (SSSR count). The number of nitrogens with one attached hydrogen (secondary N) is 1. The van der Waals surface area contributed by atoms with Crippen LogP contribution in [0.1, 0.15) is 44.8 Å². The molecule has 0 aliphatic carbocycles. The Morgan fingerprint density at radius 1 is 1.14 bits per heavy atom. The van der Waals surface area contributed by atoms with Crippen molar-refractivity contribution in [1.82, 2.24) is 10.2 Å². The first-order valence-electron chi connectivity index (χ1n) is 11.4. The molecule has 3 aliphatic heterocycles. The summed E-state index contributed by atoms with van der Waals surface area (Å²) in [5.41, 5.74) is 3.62. The van der Waals surface area contributed by atoms with Gasteiger partial charge < -0.3 is 33.7 Å². The minimum Gasteiger partial charge on any atom is -0.493 e. The molecular formula is C25H27ClN2O8. The second-order valence-corrected chi connectivity index (χ2v) is 8.91. The molecule has 0 radical (unpaired) electrons. The fraction of sp³-hybridized carbons (Fsp3) is 0.440. The number of amides is 1. The maximum atomic E-state index is 13.1. The molecule has 2 aromatic carbocycles. The highest BCUT2D eigenvalue weighted by Gasteiger charge is 2.47. The third-order valence-corrected chi connectivity index (χ3v) is 7.15. The highest BCUT2D eigenvalue weighted by atomic mass is 35.5. The molecule has 2 unspecified atom stereocenters. The van der Waals surface area contributed by atoms with Crippen molar-refractivity contribution in [2.45, 2.75) is 25.1 Å². The summed E-state index contributed by atoms with van der Waals surface area (Å²) in [5, 5.41) is 2.84. The van der Waals surface area contributed by atoms with E-state index in [0.717, 1.165) is 16.7 Å². The van der Waals surface area contributed by atoms with Crippen LogP contribution in [0.5, 0.6) is 28.7 Å². The molecule has 2 atom stereocenters. The number of methoxy groups -OCH3 is 3. The number of cyclic esters (lactones) is 1. The lowest BCUT2D eigenvalue weighted by atomic mass is 9.83. The molecule has 2 aromatic rings. The third-order valence-electron chi connectivity index (χ3n) is 6.91. The van der Waals surface area contributed by atoms with Crippen LogP contribution in [0.25, 0.3) is 0 Å². The second-order valence-electron chi connectivity index (χ2n) is 8.65. The molecule has 3 aliphatic rings. The number of ether oxygens (including phenoxy) is 6. The number of fused-ring (bicyclic) bond motifs is 3. The molecular weight excluding hydrogens is 492 g/mol.